The van der Waals surface area contributed by atoms with Gasteiger partial charge >= 0.3 is 0 Å². The van der Waals surface area contributed by atoms with Crippen LogP contribution in [0.3, 0.4) is 0 Å². The minimum atomic E-state index is 0.548. The molecule has 32 heavy (non-hydrogen) atoms. The zero-order valence-corrected chi connectivity index (χ0v) is 19.7. The number of nitrogens with zero attached hydrogens (tertiary/aromatic N) is 4. The summed E-state index contributed by atoms with van der Waals surface area (Å²) in [5.74, 6) is 3.81. The lowest BCUT2D eigenvalue weighted by molar-refractivity contribution is 0.356. The molecule has 1 saturated carbocycles. The van der Waals surface area contributed by atoms with Gasteiger partial charge in [0, 0.05) is 17.1 Å². The average Bonchev–Trinajstić information content (AvgIpc) is 3.44. The first kappa shape index (κ1) is 21.0. The number of rotatable bonds is 9. The van der Waals surface area contributed by atoms with Crippen molar-refractivity contribution in [2.24, 2.45) is 0 Å². The molecule has 1 aliphatic carbocycles. The lowest BCUT2D eigenvalue weighted by atomic mass is 10.2. The third-order valence-corrected chi connectivity index (χ3v) is 7.33. The van der Waals surface area contributed by atoms with Crippen molar-refractivity contribution >= 4 is 23.1 Å². The summed E-state index contributed by atoms with van der Waals surface area (Å²) in [5.41, 5.74) is 3.22. The van der Waals surface area contributed by atoms with E-state index in [0.29, 0.717) is 17.4 Å². The Morgan fingerprint density at radius 3 is 2.62 bits per heavy atom. The topological polar surface area (TPSA) is 62.1 Å². The maximum atomic E-state index is 5.58. The molecule has 0 N–H and O–H groups in total. The second-order valence-corrected chi connectivity index (χ2v) is 9.46. The van der Waals surface area contributed by atoms with Crippen LogP contribution in [0.1, 0.15) is 35.8 Å². The van der Waals surface area contributed by atoms with Crippen LogP contribution in [0.4, 0.5) is 0 Å². The first-order valence-corrected chi connectivity index (χ1v) is 12.4. The Hall–Kier alpha value is -2.84. The van der Waals surface area contributed by atoms with Crippen LogP contribution in [0.25, 0.3) is 10.6 Å². The summed E-state index contributed by atoms with van der Waals surface area (Å²) in [6, 6.07) is 16.4. The van der Waals surface area contributed by atoms with Crippen LogP contribution in [0.2, 0.25) is 0 Å². The molecule has 0 aliphatic heterocycles. The fourth-order valence-electron chi connectivity index (χ4n) is 3.66. The minimum Gasteiger partial charge on any atom is -0.493 e. The molecule has 0 saturated heterocycles. The smallest absolute Gasteiger partial charge is 0.191 e. The molecule has 2 heterocycles. The Labute approximate surface area is 195 Å². The molecule has 1 aliphatic rings. The van der Waals surface area contributed by atoms with Crippen LogP contribution in [-0.2, 0) is 12.3 Å². The summed E-state index contributed by atoms with van der Waals surface area (Å²) in [4.78, 5) is 4.85. The van der Waals surface area contributed by atoms with E-state index in [4.69, 9.17) is 14.5 Å². The van der Waals surface area contributed by atoms with Gasteiger partial charge in [0.15, 0.2) is 16.7 Å². The van der Waals surface area contributed by atoms with Gasteiger partial charge in [-0.15, -0.1) is 21.5 Å². The van der Waals surface area contributed by atoms with Crippen molar-refractivity contribution in [1.82, 2.24) is 19.7 Å². The third-order valence-electron chi connectivity index (χ3n) is 5.41. The Kier molecular flexibility index (Phi) is 6.14. The molecule has 0 unspecified atom stereocenters. The van der Waals surface area contributed by atoms with E-state index in [1.54, 1.807) is 37.3 Å². The Morgan fingerprint density at radius 1 is 1.03 bits per heavy atom. The number of thioether (sulfide) groups is 1. The van der Waals surface area contributed by atoms with Gasteiger partial charge in [0.25, 0.3) is 0 Å². The number of thiazole rings is 1. The van der Waals surface area contributed by atoms with E-state index in [2.05, 4.69) is 44.4 Å². The first-order chi connectivity index (χ1) is 15.8. The third kappa shape index (κ3) is 4.38. The Bertz CT molecular complexity index is 1200. The molecule has 0 spiro atoms. The summed E-state index contributed by atoms with van der Waals surface area (Å²) in [6.45, 7) is 0.797. The number of ether oxygens (including phenoxy) is 2. The van der Waals surface area contributed by atoms with Crippen molar-refractivity contribution in [3.63, 3.8) is 0 Å². The van der Waals surface area contributed by atoms with E-state index in [9.17, 15) is 0 Å². The van der Waals surface area contributed by atoms with Gasteiger partial charge in [-0.2, -0.15) is 0 Å². The maximum absolute atomic E-state index is 5.58. The van der Waals surface area contributed by atoms with Crippen LogP contribution in [0, 0.1) is 0 Å². The summed E-state index contributed by atoms with van der Waals surface area (Å²) in [6.07, 6.45) is 2.41. The molecule has 6 nitrogen and oxygen atoms in total. The molecule has 0 bridgehead atoms. The van der Waals surface area contributed by atoms with E-state index in [1.165, 1.54) is 18.4 Å². The van der Waals surface area contributed by atoms with E-state index < -0.39 is 0 Å². The van der Waals surface area contributed by atoms with E-state index >= 15 is 0 Å². The second-order valence-electron chi connectivity index (χ2n) is 7.66. The fourth-order valence-corrected chi connectivity index (χ4v) is 5.44. The summed E-state index contributed by atoms with van der Waals surface area (Å²) in [5, 5.41) is 13.0. The SMILES string of the molecule is COc1cccc(-c2nc(CSc3nnc(C4CC4)n3Cc3ccccc3)cs2)c1OC. The minimum absolute atomic E-state index is 0.548. The van der Waals surface area contributed by atoms with Gasteiger partial charge < -0.3 is 14.0 Å². The van der Waals surface area contributed by atoms with E-state index in [0.717, 1.165) is 39.5 Å². The zero-order chi connectivity index (χ0) is 21.9. The van der Waals surface area contributed by atoms with Gasteiger partial charge in [-0.05, 0) is 30.5 Å². The van der Waals surface area contributed by atoms with Gasteiger partial charge in [0.1, 0.15) is 10.8 Å². The molecule has 164 valence electrons. The standard InChI is InChI=1S/C24H24N4O2S2/c1-29-20-10-6-9-19(21(20)30-2)23-25-18(14-31-23)15-32-24-27-26-22(17-11-12-17)28(24)13-16-7-4-3-5-8-16/h3-10,14,17H,11-13,15H2,1-2H3. The molecule has 8 heteroatoms. The Balaban J connectivity index is 1.35. The molecule has 0 radical (unpaired) electrons. The molecule has 5 rings (SSSR count). The highest BCUT2D eigenvalue weighted by Gasteiger charge is 2.30. The summed E-state index contributed by atoms with van der Waals surface area (Å²) in [7, 11) is 3.30. The predicted molar refractivity (Wildman–Crippen MR) is 128 cm³/mol. The van der Waals surface area contributed by atoms with E-state index in [-0.39, 0.29) is 0 Å². The van der Waals surface area contributed by atoms with Crippen LogP contribution in [0.5, 0.6) is 11.5 Å². The van der Waals surface area contributed by atoms with Crippen LogP contribution >= 0.6 is 23.1 Å². The van der Waals surface area contributed by atoms with Gasteiger partial charge in [-0.3, -0.25) is 0 Å². The highest BCUT2D eigenvalue weighted by Crippen LogP contribution is 2.41. The highest BCUT2D eigenvalue weighted by atomic mass is 32.2. The molecule has 2 aromatic carbocycles. The quantitative estimate of drug-likeness (QED) is 0.299. The molecule has 2 aromatic heterocycles. The van der Waals surface area contributed by atoms with Crippen molar-refractivity contribution in [3.8, 4) is 22.1 Å². The fraction of sp³-hybridized carbons (Fsp3) is 0.292. The van der Waals surface area contributed by atoms with Gasteiger partial charge in [-0.25, -0.2) is 4.98 Å². The maximum Gasteiger partial charge on any atom is 0.191 e. The second kappa shape index (κ2) is 9.34. The van der Waals surface area contributed by atoms with Gasteiger partial charge in [0.2, 0.25) is 0 Å². The van der Waals surface area contributed by atoms with Crippen molar-refractivity contribution in [2.75, 3.05) is 14.2 Å². The summed E-state index contributed by atoms with van der Waals surface area (Å²) >= 11 is 3.30. The molecule has 1 fully saturated rings. The van der Waals surface area contributed by atoms with Crippen molar-refractivity contribution < 1.29 is 9.47 Å². The normalized spacial score (nSPS) is 13.3. The van der Waals surface area contributed by atoms with E-state index in [1.807, 2.05) is 24.3 Å². The number of benzene rings is 2. The number of methoxy groups -OCH3 is 2. The van der Waals surface area contributed by atoms with Crippen molar-refractivity contribution in [1.29, 1.82) is 0 Å². The Morgan fingerprint density at radius 2 is 1.88 bits per heavy atom. The first-order valence-electron chi connectivity index (χ1n) is 10.5. The molecular weight excluding hydrogens is 440 g/mol. The molecule has 0 amide bonds. The van der Waals surface area contributed by atoms with Crippen molar-refractivity contribution in [3.05, 3.63) is 71.0 Å². The molecule has 0 atom stereocenters. The number of hydrogen-bond acceptors (Lipinski definition) is 7. The van der Waals surface area contributed by atoms with Crippen molar-refractivity contribution in [2.45, 2.75) is 36.2 Å². The number of para-hydroxylation sites is 1. The molecular formula is C24H24N4O2S2. The van der Waals surface area contributed by atoms with Gasteiger partial charge in [0.05, 0.1) is 32.0 Å². The lowest BCUT2D eigenvalue weighted by Gasteiger charge is -2.10. The monoisotopic (exact) mass is 464 g/mol. The predicted octanol–water partition coefficient (Wildman–Crippen LogP) is 5.64. The zero-order valence-electron chi connectivity index (χ0n) is 18.0. The number of aromatic nitrogens is 4. The lowest BCUT2D eigenvalue weighted by Crippen LogP contribution is -2.06. The molecule has 4 aromatic rings. The summed E-state index contributed by atoms with van der Waals surface area (Å²) < 4.78 is 13.3. The van der Waals surface area contributed by atoms with Gasteiger partial charge in [-0.1, -0.05) is 48.2 Å². The highest BCUT2D eigenvalue weighted by molar-refractivity contribution is 7.98. The van der Waals surface area contributed by atoms with Crippen LogP contribution in [-0.4, -0.2) is 34.0 Å². The van der Waals surface area contributed by atoms with Crippen LogP contribution < -0.4 is 9.47 Å². The largest absolute Gasteiger partial charge is 0.493 e. The average molecular weight is 465 g/mol. The number of hydrogen-bond donors (Lipinski definition) is 0. The van der Waals surface area contributed by atoms with Crippen LogP contribution in [0.15, 0.2) is 59.1 Å².